The van der Waals surface area contributed by atoms with E-state index in [0.717, 1.165) is 12.8 Å². The third-order valence-electron chi connectivity index (χ3n) is 4.36. The molecule has 0 aromatic heterocycles. The molecule has 1 fully saturated rings. The summed E-state index contributed by atoms with van der Waals surface area (Å²) in [6.45, 7) is 7.88. The number of aliphatic hydroxyl groups excluding tert-OH is 2. The first kappa shape index (κ1) is 17.4. The third-order valence-corrected chi connectivity index (χ3v) is 4.36. The molecular weight excluding hydrogens is 256 g/mol. The van der Waals surface area contributed by atoms with Crippen LogP contribution in [0.15, 0.2) is 0 Å². The second-order valence-corrected chi connectivity index (χ2v) is 6.88. The van der Waals surface area contributed by atoms with E-state index in [-0.39, 0.29) is 18.2 Å². The lowest BCUT2D eigenvalue weighted by atomic mass is 9.73. The molecule has 4 nitrogen and oxygen atoms in total. The molecule has 0 amide bonds. The van der Waals surface area contributed by atoms with Crippen LogP contribution in [-0.4, -0.2) is 34.0 Å². The zero-order valence-corrected chi connectivity index (χ0v) is 13.3. The van der Waals surface area contributed by atoms with Gasteiger partial charge in [0.1, 0.15) is 5.60 Å². The van der Waals surface area contributed by atoms with Gasteiger partial charge in [0.2, 0.25) is 0 Å². The fourth-order valence-corrected chi connectivity index (χ4v) is 3.10. The zero-order chi connectivity index (χ0) is 15.3. The van der Waals surface area contributed by atoms with E-state index in [1.807, 2.05) is 6.92 Å². The minimum atomic E-state index is -0.535. The van der Waals surface area contributed by atoms with Crippen LogP contribution >= 0.6 is 0 Å². The Morgan fingerprint density at radius 1 is 1.40 bits per heavy atom. The van der Waals surface area contributed by atoms with Gasteiger partial charge in [-0.1, -0.05) is 13.8 Å². The number of hydrogen-bond donors (Lipinski definition) is 2. The van der Waals surface area contributed by atoms with Crippen LogP contribution in [0.1, 0.15) is 66.2 Å². The van der Waals surface area contributed by atoms with Crippen molar-refractivity contribution in [2.24, 2.45) is 11.8 Å². The van der Waals surface area contributed by atoms with Gasteiger partial charge in [-0.15, -0.1) is 0 Å². The molecular formula is C16H30O4. The topological polar surface area (TPSA) is 66.8 Å². The quantitative estimate of drug-likeness (QED) is 0.737. The molecule has 0 saturated heterocycles. The Hall–Kier alpha value is -0.610. The minimum absolute atomic E-state index is 0.219. The number of rotatable bonds is 6. The monoisotopic (exact) mass is 286 g/mol. The Kier molecular flexibility index (Phi) is 6.46. The first-order chi connectivity index (χ1) is 9.23. The largest absolute Gasteiger partial charge is 0.459 e. The maximum Gasteiger partial charge on any atom is 0.306 e. The molecule has 0 aliphatic heterocycles. The van der Waals surface area contributed by atoms with E-state index in [2.05, 4.69) is 13.8 Å². The first-order valence-electron chi connectivity index (χ1n) is 7.81. The van der Waals surface area contributed by atoms with Crippen molar-refractivity contribution in [1.82, 2.24) is 0 Å². The summed E-state index contributed by atoms with van der Waals surface area (Å²) in [5.74, 6) is 0.539. The summed E-state index contributed by atoms with van der Waals surface area (Å²) in [6.07, 6.45) is 3.07. The number of esters is 1. The zero-order valence-electron chi connectivity index (χ0n) is 13.3. The molecule has 0 heterocycles. The number of aliphatic hydroxyl groups is 2. The number of ether oxygens (including phenoxy) is 1. The minimum Gasteiger partial charge on any atom is -0.459 e. The summed E-state index contributed by atoms with van der Waals surface area (Å²) in [5.41, 5.74) is -0.535. The van der Waals surface area contributed by atoms with Gasteiger partial charge < -0.3 is 14.9 Å². The Balaban J connectivity index is 2.41. The van der Waals surface area contributed by atoms with Gasteiger partial charge in [0.05, 0.1) is 12.2 Å². The molecule has 118 valence electrons. The molecule has 4 heteroatoms. The maximum absolute atomic E-state index is 11.8. The average molecular weight is 286 g/mol. The van der Waals surface area contributed by atoms with Crippen molar-refractivity contribution < 1.29 is 19.7 Å². The Morgan fingerprint density at radius 2 is 2.05 bits per heavy atom. The highest BCUT2D eigenvalue weighted by molar-refractivity contribution is 5.69. The summed E-state index contributed by atoms with van der Waals surface area (Å²) in [5, 5.41) is 19.4. The maximum atomic E-state index is 11.8. The molecule has 1 rings (SSSR count). The highest BCUT2D eigenvalue weighted by Gasteiger charge is 2.40. The van der Waals surface area contributed by atoms with Crippen LogP contribution in [-0.2, 0) is 9.53 Å². The van der Waals surface area contributed by atoms with Crippen LogP contribution < -0.4 is 0 Å². The van der Waals surface area contributed by atoms with Gasteiger partial charge in [-0.3, -0.25) is 4.79 Å². The Bertz CT molecular complexity index is 314. The molecule has 20 heavy (non-hydrogen) atoms. The first-order valence-corrected chi connectivity index (χ1v) is 7.81. The molecule has 1 aliphatic carbocycles. The standard InChI is InChI=1S/C16H30O4/c1-11(2)13-8-9-16(4,10-14(13)18)20-15(19)7-5-6-12(3)17/h11-14,17-18H,5-10H2,1-4H3/t12?,13-,14+,16+/m0/s1. The molecule has 0 spiro atoms. The van der Waals surface area contributed by atoms with Gasteiger partial charge >= 0.3 is 5.97 Å². The lowest BCUT2D eigenvalue weighted by Gasteiger charge is -2.41. The van der Waals surface area contributed by atoms with Crippen molar-refractivity contribution in [1.29, 1.82) is 0 Å². The summed E-state index contributed by atoms with van der Waals surface area (Å²) in [6, 6.07) is 0. The Morgan fingerprint density at radius 3 is 2.55 bits per heavy atom. The summed E-state index contributed by atoms with van der Waals surface area (Å²) >= 11 is 0. The molecule has 0 bridgehead atoms. The van der Waals surface area contributed by atoms with Gasteiger partial charge in [-0.2, -0.15) is 0 Å². The second-order valence-electron chi connectivity index (χ2n) is 6.88. The summed E-state index contributed by atoms with van der Waals surface area (Å²) in [7, 11) is 0. The van der Waals surface area contributed by atoms with Crippen LogP contribution in [0, 0.1) is 11.8 Å². The highest BCUT2D eigenvalue weighted by Crippen LogP contribution is 2.38. The van der Waals surface area contributed by atoms with Crippen molar-refractivity contribution >= 4 is 5.97 Å². The van der Waals surface area contributed by atoms with Crippen molar-refractivity contribution in [3.8, 4) is 0 Å². The smallest absolute Gasteiger partial charge is 0.306 e. The average Bonchev–Trinajstić information content (AvgIpc) is 2.26. The van der Waals surface area contributed by atoms with Gasteiger partial charge in [0.15, 0.2) is 0 Å². The van der Waals surface area contributed by atoms with Gasteiger partial charge in [-0.25, -0.2) is 0 Å². The van der Waals surface area contributed by atoms with E-state index >= 15 is 0 Å². The van der Waals surface area contributed by atoms with E-state index < -0.39 is 5.60 Å². The predicted molar refractivity (Wildman–Crippen MR) is 78.2 cm³/mol. The lowest BCUT2D eigenvalue weighted by Crippen LogP contribution is -2.44. The predicted octanol–water partition coefficient (Wildman–Crippen LogP) is 2.66. The van der Waals surface area contributed by atoms with Crippen LogP contribution in [0.4, 0.5) is 0 Å². The fourth-order valence-electron chi connectivity index (χ4n) is 3.10. The van der Waals surface area contributed by atoms with Crippen LogP contribution in [0.2, 0.25) is 0 Å². The van der Waals surface area contributed by atoms with E-state index in [9.17, 15) is 9.90 Å². The normalized spacial score (nSPS) is 32.1. The van der Waals surface area contributed by atoms with E-state index in [1.54, 1.807) is 6.92 Å². The third kappa shape index (κ3) is 5.41. The van der Waals surface area contributed by atoms with Gasteiger partial charge in [0.25, 0.3) is 0 Å². The van der Waals surface area contributed by atoms with E-state index in [0.29, 0.717) is 37.5 Å². The molecule has 4 atom stereocenters. The van der Waals surface area contributed by atoms with Gasteiger partial charge in [0, 0.05) is 12.8 Å². The van der Waals surface area contributed by atoms with Crippen molar-refractivity contribution in [2.75, 3.05) is 0 Å². The van der Waals surface area contributed by atoms with E-state index in [1.165, 1.54) is 0 Å². The number of hydrogen-bond acceptors (Lipinski definition) is 4. The van der Waals surface area contributed by atoms with Gasteiger partial charge in [-0.05, 0) is 51.4 Å². The molecule has 1 saturated carbocycles. The fraction of sp³-hybridized carbons (Fsp3) is 0.938. The van der Waals surface area contributed by atoms with Crippen molar-refractivity contribution in [3.05, 3.63) is 0 Å². The van der Waals surface area contributed by atoms with Crippen molar-refractivity contribution in [2.45, 2.75) is 84.0 Å². The van der Waals surface area contributed by atoms with Crippen LogP contribution in [0.25, 0.3) is 0 Å². The summed E-state index contributed by atoms with van der Waals surface area (Å²) in [4.78, 5) is 11.8. The summed E-state index contributed by atoms with van der Waals surface area (Å²) < 4.78 is 5.58. The number of carbonyl (C=O) groups excluding carboxylic acids is 1. The van der Waals surface area contributed by atoms with Crippen molar-refractivity contribution in [3.63, 3.8) is 0 Å². The molecule has 0 radical (unpaired) electrons. The SMILES string of the molecule is CC(O)CCCC(=O)O[C@]1(C)CC[C@@H](C(C)C)[C@H](O)C1. The van der Waals surface area contributed by atoms with Crippen LogP contribution in [0.5, 0.6) is 0 Å². The van der Waals surface area contributed by atoms with E-state index in [4.69, 9.17) is 9.84 Å². The molecule has 1 aliphatic rings. The molecule has 0 aromatic rings. The molecule has 1 unspecified atom stereocenters. The molecule has 0 aromatic carbocycles. The number of carbonyl (C=O) groups is 1. The second kappa shape index (κ2) is 7.41. The Labute approximate surface area is 122 Å². The molecule has 2 N–H and O–H groups in total. The lowest BCUT2D eigenvalue weighted by molar-refractivity contribution is -0.168. The van der Waals surface area contributed by atoms with Crippen LogP contribution in [0.3, 0.4) is 0 Å². The highest BCUT2D eigenvalue weighted by atomic mass is 16.6.